The third kappa shape index (κ3) is 3.13. The molecule has 2 rings (SSSR count). The number of aromatic nitrogens is 2. The molecule has 0 saturated heterocycles. The molecule has 0 radical (unpaired) electrons. The van der Waals surface area contributed by atoms with Crippen molar-refractivity contribution in [2.45, 2.75) is 39.5 Å². The van der Waals surface area contributed by atoms with E-state index in [0.29, 0.717) is 0 Å². The highest BCUT2D eigenvalue weighted by molar-refractivity contribution is 7.15. The van der Waals surface area contributed by atoms with Crippen molar-refractivity contribution in [2.24, 2.45) is 0 Å². The lowest BCUT2D eigenvalue weighted by Crippen LogP contribution is -2.07. The van der Waals surface area contributed by atoms with E-state index in [2.05, 4.69) is 55.1 Å². The Labute approximate surface area is 119 Å². The van der Waals surface area contributed by atoms with Crippen LogP contribution in [-0.2, 0) is 11.8 Å². The highest BCUT2D eigenvalue weighted by Gasteiger charge is 2.17. The Morgan fingerprint density at radius 3 is 2.47 bits per heavy atom. The lowest BCUT2D eigenvalue weighted by molar-refractivity contribution is 0.604. The number of nitrogens with zero attached hydrogens (tertiary/aromatic N) is 2. The minimum absolute atomic E-state index is 0.178. The van der Waals surface area contributed by atoms with E-state index in [-0.39, 0.29) is 5.41 Å². The molecule has 0 saturated carbocycles. The number of thiophene rings is 1. The number of rotatable bonds is 3. The van der Waals surface area contributed by atoms with Crippen LogP contribution in [0.4, 0.5) is 5.82 Å². The molecular weight excluding hydrogens is 254 g/mol. The van der Waals surface area contributed by atoms with Gasteiger partial charge in [0.05, 0.1) is 4.88 Å². The van der Waals surface area contributed by atoms with Crippen molar-refractivity contribution in [1.29, 1.82) is 0 Å². The number of nitrogens with one attached hydrogen (secondary N) is 1. The molecule has 102 valence electrons. The van der Waals surface area contributed by atoms with E-state index < -0.39 is 0 Å². The van der Waals surface area contributed by atoms with Gasteiger partial charge < -0.3 is 5.32 Å². The van der Waals surface area contributed by atoms with Crippen LogP contribution in [-0.4, -0.2) is 17.0 Å². The molecule has 0 unspecified atom stereocenters. The highest BCUT2D eigenvalue weighted by Crippen LogP contribution is 2.34. The summed E-state index contributed by atoms with van der Waals surface area (Å²) in [5.41, 5.74) is 1.25. The SMILES string of the molecule is CCc1cc(NC)nc(-c2ccc(C(C)(C)C)s2)n1. The van der Waals surface area contributed by atoms with Gasteiger partial charge in [0.25, 0.3) is 0 Å². The molecule has 0 fully saturated rings. The number of aryl methyl sites for hydroxylation is 1. The lowest BCUT2D eigenvalue weighted by Gasteiger charge is -2.15. The Morgan fingerprint density at radius 2 is 1.95 bits per heavy atom. The predicted octanol–water partition coefficient (Wildman–Crippen LogP) is 4.11. The molecule has 19 heavy (non-hydrogen) atoms. The van der Waals surface area contributed by atoms with Gasteiger partial charge in [0.15, 0.2) is 5.82 Å². The van der Waals surface area contributed by atoms with Crippen LogP contribution in [0.25, 0.3) is 10.7 Å². The van der Waals surface area contributed by atoms with Crippen LogP contribution in [0.3, 0.4) is 0 Å². The highest BCUT2D eigenvalue weighted by atomic mass is 32.1. The molecule has 0 aliphatic carbocycles. The normalized spacial score (nSPS) is 11.6. The summed E-state index contributed by atoms with van der Waals surface area (Å²) >= 11 is 1.78. The molecule has 1 N–H and O–H groups in total. The Balaban J connectivity index is 2.43. The summed E-state index contributed by atoms with van der Waals surface area (Å²) in [5, 5.41) is 3.10. The van der Waals surface area contributed by atoms with Crippen molar-refractivity contribution in [3.63, 3.8) is 0 Å². The van der Waals surface area contributed by atoms with E-state index in [9.17, 15) is 0 Å². The topological polar surface area (TPSA) is 37.8 Å². The fourth-order valence-corrected chi connectivity index (χ4v) is 2.78. The van der Waals surface area contributed by atoms with Gasteiger partial charge >= 0.3 is 0 Å². The van der Waals surface area contributed by atoms with Gasteiger partial charge in [0, 0.05) is 23.7 Å². The predicted molar refractivity (Wildman–Crippen MR) is 83.0 cm³/mol. The third-order valence-electron chi connectivity index (χ3n) is 2.96. The van der Waals surface area contributed by atoms with Crippen LogP contribution in [0.1, 0.15) is 38.3 Å². The minimum Gasteiger partial charge on any atom is -0.373 e. The fraction of sp³-hybridized carbons (Fsp3) is 0.467. The maximum absolute atomic E-state index is 4.62. The Bertz CT molecular complexity index is 545. The van der Waals surface area contributed by atoms with Crippen molar-refractivity contribution in [3.8, 4) is 10.7 Å². The van der Waals surface area contributed by atoms with E-state index >= 15 is 0 Å². The fourth-order valence-electron chi connectivity index (χ4n) is 1.78. The molecule has 0 spiro atoms. The van der Waals surface area contributed by atoms with Crippen molar-refractivity contribution in [1.82, 2.24) is 9.97 Å². The molecule has 2 aromatic heterocycles. The Morgan fingerprint density at radius 1 is 1.21 bits per heavy atom. The van der Waals surface area contributed by atoms with Crippen LogP contribution in [0.15, 0.2) is 18.2 Å². The average Bonchev–Trinajstić information content (AvgIpc) is 2.87. The molecule has 0 bridgehead atoms. The van der Waals surface area contributed by atoms with Gasteiger partial charge in [-0.3, -0.25) is 0 Å². The van der Waals surface area contributed by atoms with E-state index in [1.54, 1.807) is 11.3 Å². The molecule has 0 aromatic carbocycles. The monoisotopic (exact) mass is 275 g/mol. The van der Waals surface area contributed by atoms with E-state index in [1.807, 2.05) is 13.1 Å². The zero-order chi connectivity index (χ0) is 14.0. The third-order valence-corrected chi connectivity index (χ3v) is 4.47. The van der Waals surface area contributed by atoms with Crippen LogP contribution in [0, 0.1) is 0 Å². The van der Waals surface area contributed by atoms with Gasteiger partial charge in [-0.05, 0) is 24.0 Å². The van der Waals surface area contributed by atoms with Crippen molar-refractivity contribution in [2.75, 3.05) is 12.4 Å². The molecule has 3 nitrogen and oxygen atoms in total. The van der Waals surface area contributed by atoms with Gasteiger partial charge in [0.2, 0.25) is 0 Å². The smallest absolute Gasteiger partial charge is 0.171 e. The zero-order valence-corrected chi connectivity index (χ0v) is 13.1. The summed E-state index contributed by atoms with van der Waals surface area (Å²) in [5.74, 6) is 1.71. The molecule has 0 atom stereocenters. The van der Waals surface area contributed by atoms with E-state index in [1.165, 1.54) is 4.88 Å². The Kier molecular flexibility index (Phi) is 3.90. The first-order valence-corrected chi connectivity index (χ1v) is 7.42. The molecule has 4 heteroatoms. The molecule has 0 aliphatic heterocycles. The first-order valence-electron chi connectivity index (χ1n) is 6.60. The Hall–Kier alpha value is -1.42. The van der Waals surface area contributed by atoms with Crippen molar-refractivity contribution >= 4 is 17.2 Å². The summed E-state index contributed by atoms with van der Waals surface area (Å²) < 4.78 is 0. The molecule has 2 aromatic rings. The second kappa shape index (κ2) is 5.29. The van der Waals surface area contributed by atoms with Crippen LogP contribution < -0.4 is 5.32 Å². The zero-order valence-electron chi connectivity index (χ0n) is 12.2. The number of anilines is 1. The van der Waals surface area contributed by atoms with Crippen molar-refractivity contribution < 1.29 is 0 Å². The summed E-state index contributed by atoms with van der Waals surface area (Å²) in [6, 6.07) is 6.31. The van der Waals surface area contributed by atoms with Gasteiger partial charge in [-0.25, -0.2) is 9.97 Å². The molecule has 2 heterocycles. The largest absolute Gasteiger partial charge is 0.373 e. The average molecular weight is 275 g/mol. The first kappa shape index (κ1) is 14.0. The maximum atomic E-state index is 4.62. The number of hydrogen-bond donors (Lipinski definition) is 1. The molecular formula is C15H21N3S. The second-order valence-corrected chi connectivity index (χ2v) is 6.67. The minimum atomic E-state index is 0.178. The van der Waals surface area contributed by atoms with Gasteiger partial charge in [0.1, 0.15) is 5.82 Å². The summed E-state index contributed by atoms with van der Waals surface area (Å²) in [7, 11) is 1.89. The second-order valence-electron chi connectivity index (χ2n) is 5.59. The maximum Gasteiger partial charge on any atom is 0.171 e. The summed E-state index contributed by atoms with van der Waals surface area (Å²) in [6.07, 6.45) is 0.918. The van der Waals surface area contributed by atoms with E-state index in [0.717, 1.165) is 28.6 Å². The molecule has 0 aliphatic rings. The van der Waals surface area contributed by atoms with Crippen LogP contribution in [0.2, 0.25) is 0 Å². The van der Waals surface area contributed by atoms with Gasteiger partial charge in [-0.15, -0.1) is 11.3 Å². The summed E-state index contributed by atoms with van der Waals surface area (Å²) in [6.45, 7) is 8.79. The lowest BCUT2D eigenvalue weighted by atomic mass is 9.95. The van der Waals surface area contributed by atoms with Gasteiger partial charge in [-0.1, -0.05) is 27.7 Å². The van der Waals surface area contributed by atoms with Crippen molar-refractivity contribution in [3.05, 3.63) is 28.8 Å². The van der Waals surface area contributed by atoms with Crippen LogP contribution >= 0.6 is 11.3 Å². The van der Waals surface area contributed by atoms with Crippen LogP contribution in [0.5, 0.6) is 0 Å². The standard InChI is InChI=1S/C15H21N3S/c1-6-10-9-13(16-5)18-14(17-10)11-7-8-12(19-11)15(2,3)4/h7-9H,6H2,1-5H3,(H,16,17,18). The molecule has 0 amide bonds. The quantitative estimate of drug-likeness (QED) is 0.916. The van der Waals surface area contributed by atoms with E-state index in [4.69, 9.17) is 0 Å². The summed E-state index contributed by atoms with van der Waals surface area (Å²) in [4.78, 5) is 11.7. The number of hydrogen-bond acceptors (Lipinski definition) is 4. The first-order chi connectivity index (χ1) is 8.94. The van der Waals surface area contributed by atoms with Gasteiger partial charge in [-0.2, -0.15) is 0 Å².